The van der Waals surface area contributed by atoms with Crippen LogP contribution in [0.5, 0.6) is 0 Å². The summed E-state index contributed by atoms with van der Waals surface area (Å²) in [5, 5.41) is 4.21. The highest BCUT2D eigenvalue weighted by molar-refractivity contribution is 5.85. The second kappa shape index (κ2) is 11.9. The van der Waals surface area contributed by atoms with Gasteiger partial charge in [-0.25, -0.2) is 0 Å². The summed E-state index contributed by atoms with van der Waals surface area (Å²) in [6.07, 6.45) is 5.06. The van der Waals surface area contributed by atoms with Crippen molar-refractivity contribution < 1.29 is 4.79 Å². The number of halogens is 2. The van der Waals surface area contributed by atoms with E-state index in [0.29, 0.717) is 32.6 Å². The molecule has 0 aliphatic heterocycles. The van der Waals surface area contributed by atoms with Crippen molar-refractivity contribution >= 4 is 30.7 Å². The molecule has 0 bridgehead atoms. The van der Waals surface area contributed by atoms with Gasteiger partial charge in [-0.3, -0.25) is 9.48 Å². The maximum atomic E-state index is 12.4. The van der Waals surface area contributed by atoms with E-state index in [-0.39, 0.29) is 30.7 Å². The zero-order valence-corrected chi connectivity index (χ0v) is 15.6. The molecule has 24 heavy (non-hydrogen) atoms. The lowest BCUT2D eigenvalue weighted by Gasteiger charge is -2.22. The highest BCUT2D eigenvalue weighted by Gasteiger charge is 2.12. The first-order chi connectivity index (χ1) is 10.7. The van der Waals surface area contributed by atoms with Gasteiger partial charge in [-0.05, 0) is 24.5 Å². The fourth-order valence-electron chi connectivity index (χ4n) is 2.38. The van der Waals surface area contributed by atoms with Gasteiger partial charge in [-0.2, -0.15) is 5.10 Å². The summed E-state index contributed by atoms with van der Waals surface area (Å²) in [5.74, 6) is 0.134. The molecule has 0 unspecified atom stereocenters. The van der Waals surface area contributed by atoms with Crippen LogP contribution in [0.1, 0.15) is 17.5 Å². The third-order valence-corrected chi connectivity index (χ3v) is 3.58. The molecule has 134 valence electrons. The third-order valence-electron chi connectivity index (χ3n) is 3.58. The summed E-state index contributed by atoms with van der Waals surface area (Å²) < 4.78 is 1.81. The van der Waals surface area contributed by atoms with Crippen LogP contribution in [0.4, 0.5) is 0 Å². The number of carbonyl (C=O) groups is 1. The van der Waals surface area contributed by atoms with Crippen molar-refractivity contribution in [2.24, 2.45) is 5.73 Å². The molecule has 1 aromatic carbocycles. The number of hydrogen-bond acceptors (Lipinski definition) is 3. The SMILES string of the molecule is Cc1cnn(CCC(=O)N(CCN)CCc2ccccc2)c1.Cl.Cl. The van der Waals surface area contributed by atoms with Crippen LogP contribution in [0.3, 0.4) is 0 Å². The van der Waals surface area contributed by atoms with Crippen LogP contribution in [-0.4, -0.2) is 40.2 Å². The molecule has 2 rings (SSSR count). The van der Waals surface area contributed by atoms with Gasteiger partial charge >= 0.3 is 0 Å². The van der Waals surface area contributed by atoms with E-state index in [1.807, 2.05) is 40.9 Å². The number of carbonyl (C=O) groups excluding carboxylic acids is 1. The Bertz CT molecular complexity index is 589. The van der Waals surface area contributed by atoms with Crippen molar-refractivity contribution in [1.82, 2.24) is 14.7 Å². The topological polar surface area (TPSA) is 64.2 Å². The number of nitrogens with zero attached hydrogens (tertiary/aromatic N) is 3. The highest BCUT2D eigenvalue weighted by Crippen LogP contribution is 2.04. The van der Waals surface area contributed by atoms with Crippen molar-refractivity contribution in [3.05, 3.63) is 53.9 Å². The second-order valence-corrected chi connectivity index (χ2v) is 5.44. The van der Waals surface area contributed by atoms with E-state index in [9.17, 15) is 4.79 Å². The summed E-state index contributed by atoms with van der Waals surface area (Å²) in [6, 6.07) is 10.2. The van der Waals surface area contributed by atoms with Crippen LogP contribution >= 0.6 is 24.8 Å². The Morgan fingerprint density at radius 1 is 1.21 bits per heavy atom. The third kappa shape index (κ3) is 7.34. The van der Waals surface area contributed by atoms with E-state index in [1.165, 1.54) is 5.56 Å². The lowest BCUT2D eigenvalue weighted by Crippen LogP contribution is -2.37. The van der Waals surface area contributed by atoms with Gasteiger partial charge in [-0.15, -0.1) is 24.8 Å². The molecule has 0 spiro atoms. The predicted molar refractivity (Wildman–Crippen MR) is 102 cm³/mol. The minimum atomic E-state index is 0. The maximum absolute atomic E-state index is 12.4. The van der Waals surface area contributed by atoms with Gasteiger partial charge in [0.15, 0.2) is 0 Å². The molecule has 0 aliphatic rings. The first kappa shape index (κ1) is 22.4. The minimum Gasteiger partial charge on any atom is -0.341 e. The average molecular weight is 373 g/mol. The summed E-state index contributed by atoms with van der Waals surface area (Å²) in [4.78, 5) is 14.2. The van der Waals surface area contributed by atoms with Crippen LogP contribution in [0.15, 0.2) is 42.7 Å². The van der Waals surface area contributed by atoms with Crippen LogP contribution in [0.2, 0.25) is 0 Å². The molecular formula is C17H26Cl2N4O. The van der Waals surface area contributed by atoms with E-state index in [0.717, 1.165) is 12.0 Å². The van der Waals surface area contributed by atoms with E-state index >= 15 is 0 Å². The van der Waals surface area contributed by atoms with Gasteiger partial charge in [-0.1, -0.05) is 30.3 Å². The van der Waals surface area contributed by atoms with Gasteiger partial charge in [0.1, 0.15) is 0 Å². The molecule has 1 amide bonds. The smallest absolute Gasteiger partial charge is 0.224 e. The molecule has 0 fully saturated rings. The molecule has 1 aromatic heterocycles. The second-order valence-electron chi connectivity index (χ2n) is 5.44. The fourth-order valence-corrected chi connectivity index (χ4v) is 2.38. The Hall–Kier alpha value is -1.56. The summed E-state index contributed by atoms with van der Waals surface area (Å²) in [7, 11) is 0. The zero-order chi connectivity index (χ0) is 15.8. The van der Waals surface area contributed by atoms with Crippen molar-refractivity contribution in [3.63, 3.8) is 0 Å². The molecule has 5 nitrogen and oxygen atoms in total. The minimum absolute atomic E-state index is 0. The lowest BCUT2D eigenvalue weighted by molar-refractivity contribution is -0.131. The summed E-state index contributed by atoms with van der Waals surface area (Å²) in [5.41, 5.74) is 7.98. The van der Waals surface area contributed by atoms with Crippen molar-refractivity contribution in [2.45, 2.75) is 26.3 Å². The molecule has 0 saturated heterocycles. The van der Waals surface area contributed by atoms with Crippen molar-refractivity contribution in [1.29, 1.82) is 0 Å². The normalized spacial score (nSPS) is 9.75. The number of aryl methyl sites for hydroxylation is 2. The number of rotatable bonds is 8. The number of nitrogens with two attached hydrogens (primary N) is 1. The van der Waals surface area contributed by atoms with Crippen molar-refractivity contribution in [3.8, 4) is 0 Å². The van der Waals surface area contributed by atoms with Gasteiger partial charge < -0.3 is 10.6 Å². The van der Waals surface area contributed by atoms with Crippen LogP contribution < -0.4 is 5.73 Å². The molecule has 0 saturated carbocycles. The highest BCUT2D eigenvalue weighted by atomic mass is 35.5. The number of aromatic nitrogens is 2. The van der Waals surface area contributed by atoms with Crippen LogP contribution in [-0.2, 0) is 17.8 Å². The molecule has 0 aliphatic carbocycles. The van der Waals surface area contributed by atoms with E-state index in [2.05, 4.69) is 17.2 Å². The predicted octanol–water partition coefficient (Wildman–Crippen LogP) is 2.46. The molecular weight excluding hydrogens is 347 g/mol. The van der Waals surface area contributed by atoms with Crippen LogP contribution in [0, 0.1) is 6.92 Å². The number of hydrogen-bond donors (Lipinski definition) is 1. The Morgan fingerprint density at radius 3 is 2.50 bits per heavy atom. The fraction of sp³-hybridized carbons (Fsp3) is 0.412. The lowest BCUT2D eigenvalue weighted by atomic mass is 10.1. The van der Waals surface area contributed by atoms with Gasteiger partial charge in [0.05, 0.1) is 6.20 Å². The van der Waals surface area contributed by atoms with E-state index in [4.69, 9.17) is 5.73 Å². The first-order valence-corrected chi connectivity index (χ1v) is 7.70. The Balaban J connectivity index is 0.00000264. The number of benzene rings is 1. The maximum Gasteiger partial charge on any atom is 0.224 e. The average Bonchev–Trinajstić information content (AvgIpc) is 2.95. The summed E-state index contributed by atoms with van der Waals surface area (Å²) in [6.45, 7) is 4.40. The summed E-state index contributed by atoms with van der Waals surface area (Å²) >= 11 is 0. The van der Waals surface area contributed by atoms with Gasteiger partial charge in [0.25, 0.3) is 0 Å². The quantitative estimate of drug-likeness (QED) is 0.773. The molecule has 2 aromatic rings. The largest absolute Gasteiger partial charge is 0.341 e. The van der Waals surface area contributed by atoms with Gasteiger partial charge in [0, 0.05) is 38.8 Å². The van der Waals surface area contributed by atoms with Crippen LogP contribution in [0.25, 0.3) is 0 Å². The van der Waals surface area contributed by atoms with E-state index < -0.39 is 0 Å². The molecule has 7 heteroatoms. The molecule has 1 heterocycles. The molecule has 2 N–H and O–H groups in total. The monoisotopic (exact) mass is 372 g/mol. The number of amides is 1. The van der Waals surface area contributed by atoms with E-state index in [1.54, 1.807) is 6.20 Å². The Morgan fingerprint density at radius 2 is 1.92 bits per heavy atom. The van der Waals surface area contributed by atoms with Gasteiger partial charge in [0.2, 0.25) is 5.91 Å². The van der Waals surface area contributed by atoms with Crippen molar-refractivity contribution in [2.75, 3.05) is 19.6 Å². The Labute approximate surface area is 156 Å². The standard InChI is InChI=1S/C17H24N4O.2ClH/c1-15-13-19-21(14-15)11-8-17(22)20(12-9-18)10-7-16-5-3-2-4-6-16;;/h2-6,13-14H,7-12,18H2,1H3;2*1H. The molecule has 0 radical (unpaired) electrons. The Kier molecular flexibility index (Phi) is 11.1. The first-order valence-electron chi connectivity index (χ1n) is 7.70. The zero-order valence-electron chi connectivity index (χ0n) is 13.9. The molecule has 0 atom stereocenters.